The average molecular weight is 379 g/mol. The first-order chi connectivity index (χ1) is 12.9. The molecule has 1 saturated heterocycles. The smallest absolute Gasteiger partial charge is 0.453 e. The molecule has 142 valence electrons. The van der Waals surface area contributed by atoms with Gasteiger partial charge in [0.25, 0.3) is 5.82 Å². The lowest BCUT2D eigenvalue weighted by Gasteiger charge is -2.36. The van der Waals surface area contributed by atoms with E-state index in [4.69, 9.17) is 4.74 Å². The van der Waals surface area contributed by atoms with E-state index in [0.29, 0.717) is 29.0 Å². The summed E-state index contributed by atoms with van der Waals surface area (Å²) >= 11 is 0. The van der Waals surface area contributed by atoms with Crippen LogP contribution in [0, 0.1) is 0 Å². The lowest BCUT2D eigenvalue weighted by molar-refractivity contribution is -0.146. The van der Waals surface area contributed by atoms with Crippen molar-refractivity contribution < 1.29 is 23.0 Å². The van der Waals surface area contributed by atoms with Crippen molar-refractivity contribution in [3.63, 3.8) is 0 Å². The van der Waals surface area contributed by atoms with E-state index in [2.05, 4.69) is 15.3 Å². The minimum absolute atomic E-state index is 0.00426. The summed E-state index contributed by atoms with van der Waals surface area (Å²) in [5, 5.41) is 20.7. The van der Waals surface area contributed by atoms with Crippen LogP contribution in [0.25, 0.3) is 5.65 Å². The molecule has 1 aliphatic rings. The van der Waals surface area contributed by atoms with E-state index in [-0.39, 0.29) is 11.4 Å². The van der Waals surface area contributed by atoms with Gasteiger partial charge in [-0.05, 0) is 37.1 Å². The second-order valence-electron chi connectivity index (χ2n) is 6.21. The zero-order chi connectivity index (χ0) is 19.0. The predicted octanol–water partition coefficient (Wildman–Crippen LogP) is 3.24. The van der Waals surface area contributed by atoms with Crippen LogP contribution in [-0.2, 0) is 6.18 Å². The van der Waals surface area contributed by atoms with Gasteiger partial charge in [-0.15, -0.1) is 15.3 Å². The van der Waals surface area contributed by atoms with Crippen molar-refractivity contribution in [1.82, 2.24) is 19.8 Å². The molecule has 0 amide bonds. The summed E-state index contributed by atoms with van der Waals surface area (Å²) in [6.45, 7) is 0.570. The molecular weight excluding hydrogens is 363 g/mol. The lowest BCUT2D eigenvalue weighted by Crippen LogP contribution is -2.44. The number of aromatic nitrogens is 4. The van der Waals surface area contributed by atoms with Crippen LogP contribution >= 0.6 is 0 Å². The van der Waals surface area contributed by atoms with Crippen molar-refractivity contribution in [2.75, 3.05) is 11.4 Å². The Morgan fingerprint density at radius 1 is 1.07 bits per heavy atom. The number of phenolic OH excluding ortho intramolecular Hbond substituents is 1. The average Bonchev–Trinajstić information content (AvgIpc) is 3.07. The number of anilines is 1. The Morgan fingerprint density at radius 2 is 1.89 bits per heavy atom. The van der Waals surface area contributed by atoms with E-state index in [1.165, 1.54) is 12.1 Å². The van der Waals surface area contributed by atoms with Crippen LogP contribution in [0.15, 0.2) is 36.4 Å². The third-order valence-corrected chi connectivity index (χ3v) is 4.37. The Balaban J connectivity index is 1.68. The number of hydrogen-bond acceptors (Lipinski definition) is 6. The first-order valence-electron chi connectivity index (χ1n) is 8.44. The molecule has 1 aliphatic heterocycles. The highest BCUT2D eigenvalue weighted by molar-refractivity contribution is 5.47. The second-order valence-corrected chi connectivity index (χ2v) is 6.21. The van der Waals surface area contributed by atoms with Gasteiger partial charge in [-0.25, -0.2) is 0 Å². The normalized spacial score (nSPS) is 18.0. The van der Waals surface area contributed by atoms with Crippen LogP contribution in [-0.4, -0.2) is 37.7 Å². The zero-order valence-electron chi connectivity index (χ0n) is 14.1. The van der Waals surface area contributed by atoms with E-state index < -0.39 is 18.2 Å². The minimum atomic E-state index is -4.65. The number of ether oxygens (including phenoxy) is 1. The standard InChI is InChI=1S/C17H16F3N5O2/c18-17(19,20)16-22-21-13-8-9-14(23-25(13)16)24-10-4-3-7-15(24)27-12-6-2-1-5-11(12)26/h1-2,5-6,8-9,15,26H,3-4,7,10H2. The number of hydrogen-bond donors (Lipinski definition) is 1. The highest BCUT2D eigenvalue weighted by Crippen LogP contribution is 2.32. The first kappa shape index (κ1) is 17.4. The molecule has 1 unspecified atom stereocenters. The van der Waals surface area contributed by atoms with Gasteiger partial charge in [-0.2, -0.15) is 17.7 Å². The van der Waals surface area contributed by atoms with Gasteiger partial charge in [0, 0.05) is 13.0 Å². The van der Waals surface area contributed by atoms with Crippen molar-refractivity contribution in [2.45, 2.75) is 31.7 Å². The first-order valence-corrected chi connectivity index (χ1v) is 8.44. The number of para-hydroxylation sites is 2. The molecule has 1 N–H and O–H groups in total. The Bertz CT molecular complexity index is 959. The summed E-state index contributed by atoms with van der Waals surface area (Å²) in [6.07, 6.45) is -2.70. The highest BCUT2D eigenvalue weighted by Gasteiger charge is 2.38. The van der Waals surface area contributed by atoms with E-state index in [0.717, 1.165) is 12.8 Å². The van der Waals surface area contributed by atoms with Gasteiger partial charge in [0.1, 0.15) is 0 Å². The number of benzene rings is 1. The summed E-state index contributed by atoms with van der Waals surface area (Å²) in [4.78, 5) is 1.79. The summed E-state index contributed by atoms with van der Waals surface area (Å²) in [7, 11) is 0. The molecule has 0 saturated carbocycles. The van der Waals surface area contributed by atoms with Gasteiger partial charge in [0.15, 0.2) is 29.2 Å². The van der Waals surface area contributed by atoms with Gasteiger partial charge >= 0.3 is 6.18 Å². The number of halogens is 3. The molecule has 3 aromatic rings. The Hall–Kier alpha value is -3.04. The van der Waals surface area contributed by atoms with Crippen LogP contribution in [0.3, 0.4) is 0 Å². The van der Waals surface area contributed by atoms with Gasteiger partial charge in [0.2, 0.25) is 0 Å². The molecule has 0 radical (unpaired) electrons. The molecule has 2 aromatic heterocycles. The third-order valence-electron chi connectivity index (χ3n) is 4.37. The van der Waals surface area contributed by atoms with E-state index in [1.54, 1.807) is 29.2 Å². The number of phenols is 1. The Labute approximate surface area is 152 Å². The SMILES string of the molecule is Oc1ccccc1OC1CCCCN1c1ccc2nnc(C(F)(F)F)n2n1. The molecule has 7 nitrogen and oxygen atoms in total. The fourth-order valence-electron chi connectivity index (χ4n) is 3.10. The molecule has 1 aromatic carbocycles. The van der Waals surface area contributed by atoms with Gasteiger partial charge in [-0.1, -0.05) is 12.1 Å². The van der Waals surface area contributed by atoms with E-state index in [1.807, 2.05) is 0 Å². The maximum Gasteiger partial charge on any atom is 0.453 e. The van der Waals surface area contributed by atoms with Crippen LogP contribution in [0.1, 0.15) is 25.1 Å². The summed E-state index contributed by atoms with van der Waals surface area (Å²) in [6, 6.07) is 9.60. The molecule has 1 fully saturated rings. The number of aromatic hydroxyl groups is 1. The molecule has 4 rings (SSSR count). The van der Waals surface area contributed by atoms with E-state index in [9.17, 15) is 18.3 Å². The summed E-state index contributed by atoms with van der Waals surface area (Å²) in [5.41, 5.74) is 0.0151. The fourth-order valence-corrected chi connectivity index (χ4v) is 3.10. The maximum absolute atomic E-state index is 13.1. The Kier molecular flexibility index (Phi) is 4.25. The number of nitrogens with zero attached hydrogens (tertiary/aromatic N) is 5. The predicted molar refractivity (Wildman–Crippen MR) is 89.5 cm³/mol. The van der Waals surface area contributed by atoms with Crippen LogP contribution < -0.4 is 9.64 Å². The molecule has 3 heterocycles. The van der Waals surface area contributed by atoms with Crippen molar-refractivity contribution in [2.24, 2.45) is 0 Å². The topological polar surface area (TPSA) is 75.8 Å². The van der Waals surface area contributed by atoms with Crippen molar-refractivity contribution in [1.29, 1.82) is 0 Å². The fraction of sp³-hybridized carbons (Fsp3) is 0.353. The number of alkyl halides is 3. The van der Waals surface area contributed by atoms with Crippen LogP contribution in [0.5, 0.6) is 11.5 Å². The molecule has 0 aliphatic carbocycles. The molecule has 1 atom stereocenters. The number of rotatable bonds is 3. The Morgan fingerprint density at radius 3 is 2.67 bits per heavy atom. The lowest BCUT2D eigenvalue weighted by atomic mass is 10.1. The van der Waals surface area contributed by atoms with Crippen molar-refractivity contribution in [3.8, 4) is 11.5 Å². The maximum atomic E-state index is 13.1. The van der Waals surface area contributed by atoms with Crippen LogP contribution in [0.2, 0.25) is 0 Å². The number of fused-ring (bicyclic) bond motifs is 1. The van der Waals surface area contributed by atoms with Gasteiger partial charge in [0.05, 0.1) is 0 Å². The van der Waals surface area contributed by atoms with Crippen molar-refractivity contribution >= 4 is 11.5 Å². The van der Waals surface area contributed by atoms with Crippen molar-refractivity contribution in [3.05, 3.63) is 42.2 Å². The van der Waals surface area contributed by atoms with Gasteiger partial charge < -0.3 is 14.7 Å². The molecule has 0 spiro atoms. The molecular formula is C17H16F3N5O2. The summed E-state index contributed by atoms with van der Waals surface area (Å²) < 4.78 is 45.9. The monoisotopic (exact) mass is 379 g/mol. The third kappa shape index (κ3) is 3.34. The van der Waals surface area contributed by atoms with Gasteiger partial charge in [-0.3, -0.25) is 0 Å². The highest BCUT2D eigenvalue weighted by atomic mass is 19.4. The van der Waals surface area contributed by atoms with E-state index >= 15 is 0 Å². The molecule has 0 bridgehead atoms. The van der Waals surface area contributed by atoms with Crippen LogP contribution in [0.4, 0.5) is 19.0 Å². The minimum Gasteiger partial charge on any atom is -0.504 e. The summed E-state index contributed by atoms with van der Waals surface area (Å²) in [5.74, 6) is -0.525. The number of piperidine rings is 1. The quantitative estimate of drug-likeness (QED) is 0.753. The molecule has 10 heteroatoms. The zero-order valence-corrected chi connectivity index (χ0v) is 14.1. The largest absolute Gasteiger partial charge is 0.504 e. The molecule has 27 heavy (non-hydrogen) atoms. The second kappa shape index (κ2) is 6.60.